The number of hydrogen-bond acceptors (Lipinski definition) is 1. The zero-order chi connectivity index (χ0) is 31.0. The standard InChI is InChI=1S/C36H49.C4H10O.Li/c1-21(2)29-17-31(23(5)6)35(32(18-29)24(7)8)27-14-13-15-28(16-27)36-33(25(9)10)19-30(22(3)4)20-34(36)26(11)12;1-3-5-4-2;/h13-15,17-26H,1-12H3;3-4H2,1-2H3;/q-1;;+1. The second-order valence-electron chi connectivity index (χ2n) is 13.3. The molecule has 42 heavy (non-hydrogen) atoms. The van der Waals surface area contributed by atoms with Gasteiger partial charge < -0.3 is 4.74 Å². The zero-order valence-electron chi connectivity index (χ0n) is 29.8. The molecule has 0 heterocycles. The van der Waals surface area contributed by atoms with Crippen LogP contribution in [0, 0.1) is 6.07 Å². The molecule has 1 nitrogen and oxygen atoms in total. The molecule has 0 spiro atoms. The van der Waals surface area contributed by atoms with Gasteiger partial charge in [-0.25, -0.2) is 0 Å². The van der Waals surface area contributed by atoms with E-state index in [1.165, 1.54) is 55.6 Å². The number of ether oxygens (including phenoxy) is 1. The van der Waals surface area contributed by atoms with Crippen LogP contribution in [0.2, 0.25) is 0 Å². The molecule has 0 N–H and O–H groups in total. The molecule has 0 aliphatic rings. The molecule has 0 aromatic heterocycles. The van der Waals surface area contributed by atoms with Gasteiger partial charge in [-0.05, 0) is 60.5 Å². The van der Waals surface area contributed by atoms with E-state index in [-0.39, 0.29) is 18.9 Å². The van der Waals surface area contributed by atoms with Crippen LogP contribution in [0.4, 0.5) is 0 Å². The average Bonchev–Trinajstić information content (AvgIpc) is 2.92. The van der Waals surface area contributed by atoms with Crippen molar-refractivity contribution in [3.05, 3.63) is 81.9 Å². The Morgan fingerprint density at radius 2 is 0.786 bits per heavy atom. The van der Waals surface area contributed by atoms with Gasteiger partial charge in [0.05, 0.1) is 0 Å². The maximum atomic E-state index is 4.83. The van der Waals surface area contributed by atoms with Crippen LogP contribution >= 0.6 is 0 Å². The van der Waals surface area contributed by atoms with Gasteiger partial charge in [-0.3, -0.25) is 0 Å². The van der Waals surface area contributed by atoms with Crippen LogP contribution in [-0.4, -0.2) is 13.2 Å². The minimum Gasteiger partial charge on any atom is -0.382 e. The Labute approximate surface area is 272 Å². The van der Waals surface area contributed by atoms with Crippen molar-refractivity contribution in [2.24, 2.45) is 0 Å². The topological polar surface area (TPSA) is 9.23 Å². The summed E-state index contributed by atoms with van der Waals surface area (Å²) >= 11 is 0. The molecular formula is C40H59LiO. The second-order valence-corrected chi connectivity index (χ2v) is 13.3. The monoisotopic (exact) mass is 562 g/mol. The van der Waals surface area contributed by atoms with Crippen molar-refractivity contribution >= 4 is 0 Å². The van der Waals surface area contributed by atoms with E-state index in [1.807, 2.05) is 13.8 Å². The van der Waals surface area contributed by atoms with Crippen LogP contribution in [-0.2, 0) is 4.74 Å². The number of hydrogen-bond donors (Lipinski definition) is 0. The van der Waals surface area contributed by atoms with Gasteiger partial charge in [0.1, 0.15) is 0 Å². The summed E-state index contributed by atoms with van der Waals surface area (Å²) in [6.45, 7) is 33.5. The van der Waals surface area contributed by atoms with E-state index < -0.39 is 0 Å². The molecular weight excluding hydrogens is 503 g/mol. The normalized spacial score (nSPS) is 11.5. The summed E-state index contributed by atoms with van der Waals surface area (Å²) in [6.07, 6.45) is 0. The maximum Gasteiger partial charge on any atom is 1.00 e. The first-order chi connectivity index (χ1) is 19.2. The molecule has 0 aliphatic heterocycles. The predicted octanol–water partition coefficient (Wildman–Crippen LogP) is 9.61. The predicted molar refractivity (Wildman–Crippen MR) is 183 cm³/mol. The van der Waals surface area contributed by atoms with Crippen molar-refractivity contribution in [2.45, 2.75) is 132 Å². The van der Waals surface area contributed by atoms with E-state index in [2.05, 4.69) is 132 Å². The molecule has 3 rings (SSSR count). The van der Waals surface area contributed by atoms with Crippen LogP contribution in [0.5, 0.6) is 0 Å². The van der Waals surface area contributed by atoms with Crippen molar-refractivity contribution < 1.29 is 23.6 Å². The fourth-order valence-electron chi connectivity index (χ4n) is 5.50. The molecule has 0 bridgehead atoms. The summed E-state index contributed by atoms with van der Waals surface area (Å²) in [4.78, 5) is 0. The van der Waals surface area contributed by atoms with Gasteiger partial charge >= 0.3 is 18.9 Å². The Balaban J connectivity index is 0.00000135. The Bertz CT molecular complexity index is 1100. The first-order valence-corrected chi connectivity index (χ1v) is 16.2. The van der Waals surface area contributed by atoms with Crippen LogP contribution < -0.4 is 18.9 Å². The molecule has 0 amide bonds. The van der Waals surface area contributed by atoms with Gasteiger partial charge in [-0.1, -0.05) is 141 Å². The molecule has 0 atom stereocenters. The molecule has 226 valence electrons. The fourth-order valence-corrected chi connectivity index (χ4v) is 5.50. The summed E-state index contributed by atoms with van der Waals surface area (Å²) in [5, 5.41) is 0. The minimum atomic E-state index is 0. The molecule has 0 fully saturated rings. The summed E-state index contributed by atoms with van der Waals surface area (Å²) in [5.41, 5.74) is 13.9. The van der Waals surface area contributed by atoms with E-state index >= 15 is 0 Å². The molecule has 3 aromatic rings. The quantitative estimate of drug-likeness (QED) is 0.177. The third-order valence-corrected chi connectivity index (χ3v) is 8.01. The van der Waals surface area contributed by atoms with Crippen molar-refractivity contribution in [3.8, 4) is 22.3 Å². The number of rotatable bonds is 10. The minimum absolute atomic E-state index is 0. The summed E-state index contributed by atoms with van der Waals surface area (Å²) < 4.78 is 4.83. The van der Waals surface area contributed by atoms with E-state index in [1.54, 1.807) is 0 Å². The summed E-state index contributed by atoms with van der Waals surface area (Å²) in [6, 6.07) is 20.6. The van der Waals surface area contributed by atoms with Crippen molar-refractivity contribution in [1.29, 1.82) is 0 Å². The van der Waals surface area contributed by atoms with E-state index in [0.29, 0.717) is 35.5 Å². The molecule has 3 aromatic carbocycles. The third kappa shape index (κ3) is 9.61. The second kappa shape index (κ2) is 17.5. The van der Waals surface area contributed by atoms with Crippen LogP contribution in [0.15, 0.2) is 42.5 Å². The zero-order valence-corrected chi connectivity index (χ0v) is 29.8. The van der Waals surface area contributed by atoms with Crippen molar-refractivity contribution in [2.75, 3.05) is 13.2 Å². The molecule has 0 aliphatic carbocycles. The van der Waals surface area contributed by atoms with Crippen molar-refractivity contribution in [1.82, 2.24) is 0 Å². The van der Waals surface area contributed by atoms with Gasteiger partial charge in [-0.15, -0.1) is 35.4 Å². The molecule has 0 radical (unpaired) electrons. The van der Waals surface area contributed by atoms with Crippen LogP contribution in [0.1, 0.15) is 166 Å². The third-order valence-electron chi connectivity index (χ3n) is 8.01. The smallest absolute Gasteiger partial charge is 0.382 e. The molecule has 0 saturated carbocycles. The van der Waals surface area contributed by atoms with Gasteiger partial charge in [0.15, 0.2) is 0 Å². The molecule has 0 unspecified atom stereocenters. The molecule has 2 heteroatoms. The fraction of sp³-hybridized carbons (Fsp3) is 0.550. The maximum absolute atomic E-state index is 4.83. The van der Waals surface area contributed by atoms with Crippen LogP contribution in [0.3, 0.4) is 0 Å². The van der Waals surface area contributed by atoms with E-state index in [4.69, 9.17) is 4.74 Å². The van der Waals surface area contributed by atoms with E-state index in [0.717, 1.165) is 13.2 Å². The first-order valence-electron chi connectivity index (χ1n) is 16.2. The summed E-state index contributed by atoms with van der Waals surface area (Å²) in [7, 11) is 0. The van der Waals surface area contributed by atoms with Gasteiger partial charge in [0, 0.05) is 13.2 Å². The van der Waals surface area contributed by atoms with E-state index in [9.17, 15) is 0 Å². The van der Waals surface area contributed by atoms with Gasteiger partial charge in [-0.2, -0.15) is 0 Å². The number of benzene rings is 3. The Morgan fingerprint density at radius 1 is 0.500 bits per heavy atom. The average molecular weight is 563 g/mol. The molecule has 0 saturated heterocycles. The Morgan fingerprint density at radius 3 is 0.976 bits per heavy atom. The first kappa shape index (κ1) is 38.2. The Hall–Kier alpha value is -1.78. The Kier molecular flexibility index (Phi) is 15.9. The van der Waals surface area contributed by atoms with Crippen molar-refractivity contribution in [3.63, 3.8) is 0 Å². The van der Waals surface area contributed by atoms with Gasteiger partial charge in [0.25, 0.3) is 0 Å². The van der Waals surface area contributed by atoms with Crippen LogP contribution in [0.25, 0.3) is 22.3 Å². The largest absolute Gasteiger partial charge is 1.00 e. The SMILES string of the molecule is CC(C)c1cc(C(C)C)c(-c2[c-]c(-c3c(C(C)C)cc(C(C)C)cc3C(C)C)ccc2)c(C(C)C)c1.CCOCC.[Li+]. The van der Waals surface area contributed by atoms with Gasteiger partial charge in [0.2, 0.25) is 0 Å². The summed E-state index contributed by atoms with van der Waals surface area (Å²) in [5.74, 6) is 2.86.